The Hall–Kier alpha value is -3.22. The molecule has 2 amide bonds. The fraction of sp³-hybridized carbons (Fsp3) is 0.222. The summed E-state index contributed by atoms with van der Waals surface area (Å²) in [5.74, 6) is -2.11. The van der Waals surface area contributed by atoms with Gasteiger partial charge in [0, 0.05) is 24.4 Å². The van der Waals surface area contributed by atoms with Crippen molar-refractivity contribution in [2.45, 2.75) is 25.4 Å². The fourth-order valence-corrected chi connectivity index (χ4v) is 2.17. The van der Waals surface area contributed by atoms with Crippen LogP contribution in [0.5, 0.6) is 0 Å². The van der Waals surface area contributed by atoms with Crippen LogP contribution in [0.25, 0.3) is 0 Å². The van der Waals surface area contributed by atoms with Crippen LogP contribution in [0.3, 0.4) is 0 Å². The number of aliphatic carboxylic acids is 1. The van der Waals surface area contributed by atoms with Crippen LogP contribution < -0.4 is 10.6 Å². The van der Waals surface area contributed by atoms with E-state index in [1.54, 1.807) is 54.9 Å². The van der Waals surface area contributed by atoms with E-state index >= 15 is 0 Å². The molecule has 2 atom stereocenters. The Bertz CT molecular complexity index is 735. The van der Waals surface area contributed by atoms with E-state index < -0.39 is 29.9 Å². The van der Waals surface area contributed by atoms with Gasteiger partial charge >= 0.3 is 5.97 Å². The van der Waals surface area contributed by atoms with Gasteiger partial charge in [0.25, 0.3) is 5.91 Å². The number of carbonyl (C=O) groups is 3. The zero-order chi connectivity index (χ0) is 18.2. The number of pyridine rings is 1. The zero-order valence-corrected chi connectivity index (χ0v) is 13.7. The van der Waals surface area contributed by atoms with E-state index in [1.807, 2.05) is 0 Å². The third-order valence-corrected chi connectivity index (χ3v) is 3.58. The van der Waals surface area contributed by atoms with Crippen molar-refractivity contribution in [2.75, 3.05) is 0 Å². The molecule has 7 heteroatoms. The minimum absolute atomic E-state index is 0.221. The van der Waals surface area contributed by atoms with Gasteiger partial charge < -0.3 is 15.7 Å². The molecular weight excluding hydrogens is 322 g/mol. The van der Waals surface area contributed by atoms with Crippen molar-refractivity contribution >= 4 is 17.8 Å². The van der Waals surface area contributed by atoms with Crippen molar-refractivity contribution in [2.24, 2.45) is 0 Å². The number of carboxylic acids is 1. The van der Waals surface area contributed by atoms with E-state index in [-0.39, 0.29) is 6.42 Å². The van der Waals surface area contributed by atoms with Crippen molar-refractivity contribution in [1.82, 2.24) is 15.6 Å². The molecule has 0 spiro atoms. The molecule has 0 aliphatic rings. The highest BCUT2D eigenvalue weighted by atomic mass is 16.4. The molecule has 0 aliphatic heterocycles. The van der Waals surface area contributed by atoms with E-state index in [2.05, 4.69) is 15.6 Å². The second kappa shape index (κ2) is 8.58. The molecular formula is C18H19N3O4. The van der Waals surface area contributed by atoms with Gasteiger partial charge in [-0.3, -0.25) is 19.4 Å². The minimum atomic E-state index is -1.15. The maximum atomic E-state index is 12.4. The number of hydrogen-bond acceptors (Lipinski definition) is 4. The predicted molar refractivity (Wildman–Crippen MR) is 90.9 cm³/mol. The smallest absolute Gasteiger partial charge is 0.325 e. The van der Waals surface area contributed by atoms with Gasteiger partial charge in [0.05, 0.1) is 0 Å². The lowest BCUT2D eigenvalue weighted by Crippen LogP contribution is -2.51. The maximum absolute atomic E-state index is 12.4. The minimum Gasteiger partial charge on any atom is -0.480 e. The van der Waals surface area contributed by atoms with Gasteiger partial charge in [0.15, 0.2) is 0 Å². The summed E-state index contributed by atoms with van der Waals surface area (Å²) in [6.45, 7) is 1.36. The summed E-state index contributed by atoms with van der Waals surface area (Å²) in [5, 5.41) is 14.0. The molecule has 2 rings (SSSR count). The number of amides is 2. The number of aromatic nitrogens is 1. The Morgan fingerprint density at radius 3 is 2.28 bits per heavy atom. The highest BCUT2D eigenvalue weighted by Gasteiger charge is 2.24. The molecule has 25 heavy (non-hydrogen) atoms. The lowest BCUT2D eigenvalue weighted by atomic mass is 10.1. The summed E-state index contributed by atoms with van der Waals surface area (Å²) < 4.78 is 0. The molecule has 0 unspecified atom stereocenters. The monoisotopic (exact) mass is 341 g/mol. The average molecular weight is 341 g/mol. The molecule has 7 nitrogen and oxygen atoms in total. The Morgan fingerprint density at radius 1 is 1.04 bits per heavy atom. The molecule has 1 heterocycles. The van der Waals surface area contributed by atoms with Gasteiger partial charge in [0.2, 0.25) is 5.91 Å². The molecule has 0 aliphatic carbocycles. The predicted octanol–water partition coefficient (Wildman–Crippen LogP) is 1.01. The molecule has 3 N–H and O–H groups in total. The Labute approximate surface area is 145 Å². The van der Waals surface area contributed by atoms with Crippen LogP contribution in [0.2, 0.25) is 0 Å². The number of nitrogens with one attached hydrogen (secondary N) is 2. The lowest BCUT2D eigenvalue weighted by molar-refractivity contribution is -0.141. The van der Waals surface area contributed by atoms with Crippen LogP contribution in [-0.2, 0) is 16.0 Å². The number of nitrogens with zero attached hydrogens (tertiary/aromatic N) is 1. The van der Waals surface area contributed by atoms with Gasteiger partial charge in [-0.15, -0.1) is 0 Å². The lowest BCUT2D eigenvalue weighted by Gasteiger charge is -2.20. The number of carbonyl (C=O) groups excluding carboxylic acids is 2. The third kappa shape index (κ3) is 5.42. The quantitative estimate of drug-likeness (QED) is 0.696. The highest BCUT2D eigenvalue weighted by molar-refractivity contribution is 5.98. The van der Waals surface area contributed by atoms with Gasteiger partial charge in [-0.05, 0) is 36.8 Å². The Kier molecular flexibility index (Phi) is 6.22. The van der Waals surface area contributed by atoms with Crippen molar-refractivity contribution < 1.29 is 19.5 Å². The first kappa shape index (κ1) is 18.1. The SMILES string of the molecule is C[C@H](NC(=O)[C@@H](Cc1ccncc1)NC(=O)c1ccccc1)C(=O)O. The summed E-state index contributed by atoms with van der Waals surface area (Å²) in [5.41, 5.74) is 1.22. The first-order valence-corrected chi connectivity index (χ1v) is 7.75. The first-order valence-electron chi connectivity index (χ1n) is 7.75. The maximum Gasteiger partial charge on any atom is 0.325 e. The van der Waals surface area contributed by atoms with Crippen molar-refractivity contribution in [3.8, 4) is 0 Å². The second-order valence-electron chi connectivity index (χ2n) is 5.52. The number of rotatable bonds is 7. The molecule has 1 aromatic heterocycles. The van der Waals surface area contributed by atoms with Crippen LogP contribution in [0.1, 0.15) is 22.8 Å². The third-order valence-electron chi connectivity index (χ3n) is 3.58. The average Bonchev–Trinajstić information content (AvgIpc) is 2.62. The summed E-state index contributed by atoms with van der Waals surface area (Å²) >= 11 is 0. The van der Waals surface area contributed by atoms with Crippen LogP contribution in [0.4, 0.5) is 0 Å². The molecule has 130 valence electrons. The van der Waals surface area contributed by atoms with Crippen LogP contribution in [-0.4, -0.2) is 40.0 Å². The van der Waals surface area contributed by atoms with E-state index in [1.165, 1.54) is 6.92 Å². The van der Waals surface area contributed by atoms with Crippen LogP contribution in [0.15, 0.2) is 54.9 Å². The number of hydrogen-bond donors (Lipinski definition) is 3. The van der Waals surface area contributed by atoms with E-state index in [0.29, 0.717) is 5.56 Å². The van der Waals surface area contributed by atoms with Gasteiger partial charge in [-0.2, -0.15) is 0 Å². The fourth-order valence-electron chi connectivity index (χ4n) is 2.17. The van der Waals surface area contributed by atoms with Crippen molar-refractivity contribution in [1.29, 1.82) is 0 Å². The van der Waals surface area contributed by atoms with E-state index in [0.717, 1.165) is 5.56 Å². The second-order valence-corrected chi connectivity index (χ2v) is 5.52. The van der Waals surface area contributed by atoms with Gasteiger partial charge in [-0.1, -0.05) is 18.2 Å². The molecule has 1 aromatic carbocycles. The molecule has 0 radical (unpaired) electrons. The van der Waals surface area contributed by atoms with Crippen molar-refractivity contribution in [3.05, 3.63) is 66.0 Å². The molecule has 0 saturated carbocycles. The summed E-state index contributed by atoms with van der Waals surface area (Å²) in [7, 11) is 0. The summed E-state index contributed by atoms with van der Waals surface area (Å²) in [6, 6.07) is 10.0. The van der Waals surface area contributed by atoms with Crippen LogP contribution in [0, 0.1) is 0 Å². The zero-order valence-electron chi connectivity index (χ0n) is 13.7. The Morgan fingerprint density at radius 2 is 1.68 bits per heavy atom. The highest BCUT2D eigenvalue weighted by Crippen LogP contribution is 2.05. The standard InChI is InChI=1S/C18H19N3O4/c1-12(18(24)25)20-17(23)15(11-13-7-9-19-10-8-13)21-16(22)14-5-3-2-4-6-14/h2-10,12,15H,11H2,1H3,(H,20,23)(H,21,22)(H,24,25)/t12-,15+/m0/s1. The molecule has 2 aromatic rings. The number of carboxylic acid groups (broad SMARTS) is 1. The van der Waals surface area contributed by atoms with E-state index in [9.17, 15) is 14.4 Å². The van der Waals surface area contributed by atoms with Gasteiger partial charge in [0.1, 0.15) is 12.1 Å². The molecule has 0 fully saturated rings. The summed E-state index contributed by atoms with van der Waals surface area (Å²) in [6.07, 6.45) is 3.39. The molecule has 0 bridgehead atoms. The van der Waals surface area contributed by atoms with Crippen LogP contribution >= 0.6 is 0 Å². The summed E-state index contributed by atoms with van der Waals surface area (Å²) in [4.78, 5) is 39.6. The first-order chi connectivity index (χ1) is 12.0. The van der Waals surface area contributed by atoms with Crippen molar-refractivity contribution in [3.63, 3.8) is 0 Å². The molecule has 0 saturated heterocycles. The Balaban J connectivity index is 2.15. The van der Waals surface area contributed by atoms with E-state index in [4.69, 9.17) is 5.11 Å². The normalized spacial score (nSPS) is 12.7. The number of benzene rings is 1. The largest absolute Gasteiger partial charge is 0.480 e. The topological polar surface area (TPSA) is 108 Å². The van der Waals surface area contributed by atoms with Gasteiger partial charge in [-0.25, -0.2) is 0 Å².